The molecular formula is C16H16N4O. The third-order valence-electron chi connectivity index (χ3n) is 3.33. The van der Waals surface area contributed by atoms with Crippen molar-refractivity contribution in [3.05, 3.63) is 54.5 Å². The van der Waals surface area contributed by atoms with Gasteiger partial charge in [-0.05, 0) is 12.1 Å². The summed E-state index contributed by atoms with van der Waals surface area (Å²) in [7, 11) is 3.57. The van der Waals surface area contributed by atoms with Gasteiger partial charge in [0.2, 0.25) is 0 Å². The molecule has 2 aromatic heterocycles. The van der Waals surface area contributed by atoms with E-state index in [1.165, 1.54) is 0 Å². The topological polar surface area (TPSA) is 52.8 Å². The maximum absolute atomic E-state index is 5.10. The van der Waals surface area contributed by atoms with Crippen molar-refractivity contribution in [2.45, 2.75) is 6.61 Å². The van der Waals surface area contributed by atoms with Gasteiger partial charge in [-0.2, -0.15) is 0 Å². The molecule has 0 radical (unpaired) electrons. The van der Waals surface area contributed by atoms with Crippen LogP contribution < -0.4 is 0 Å². The van der Waals surface area contributed by atoms with Crippen molar-refractivity contribution in [2.24, 2.45) is 7.05 Å². The lowest BCUT2D eigenvalue weighted by Gasteiger charge is -2.05. The molecule has 3 rings (SSSR count). The van der Waals surface area contributed by atoms with Crippen LogP contribution in [0.3, 0.4) is 0 Å². The van der Waals surface area contributed by atoms with Crippen LogP contribution in [0, 0.1) is 0 Å². The Morgan fingerprint density at radius 3 is 2.48 bits per heavy atom. The Balaban J connectivity index is 1.91. The smallest absolute Gasteiger partial charge is 0.165 e. The summed E-state index contributed by atoms with van der Waals surface area (Å²) in [5, 5.41) is 8.32. The van der Waals surface area contributed by atoms with E-state index in [1.54, 1.807) is 7.11 Å². The minimum Gasteiger partial charge on any atom is -0.377 e. The van der Waals surface area contributed by atoms with E-state index in [0.29, 0.717) is 6.61 Å². The Hall–Kier alpha value is -2.53. The standard InChI is InChI=1S/C16H16N4O/c1-20-15(11-21-2)18-19-16(20)13-8-9-14(17-10-13)12-6-4-3-5-7-12/h3-10H,11H2,1-2H3. The first-order valence-electron chi connectivity index (χ1n) is 6.68. The van der Waals surface area contributed by atoms with Crippen LogP contribution in [0.2, 0.25) is 0 Å². The molecule has 0 N–H and O–H groups in total. The summed E-state index contributed by atoms with van der Waals surface area (Å²) in [5.74, 6) is 1.58. The Morgan fingerprint density at radius 2 is 1.81 bits per heavy atom. The highest BCUT2D eigenvalue weighted by Gasteiger charge is 2.11. The molecule has 0 amide bonds. The summed E-state index contributed by atoms with van der Waals surface area (Å²) in [6.45, 7) is 0.443. The highest BCUT2D eigenvalue weighted by Crippen LogP contribution is 2.21. The molecule has 21 heavy (non-hydrogen) atoms. The van der Waals surface area contributed by atoms with Crippen LogP contribution in [-0.4, -0.2) is 26.9 Å². The molecule has 0 bridgehead atoms. The minimum atomic E-state index is 0.443. The average molecular weight is 280 g/mol. The van der Waals surface area contributed by atoms with Crippen LogP contribution in [0.15, 0.2) is 48.7 Å². The molecule has 0 saturated carbocycles. The van der Waals surface area contributed by atoms with Gasteiger partial charge in [0.1, 0.15) is 6.61 Å². The molecule has 1 aromatic carbocycles. The number of benzene rings is 1. The van der Waals surface area contributed by atoms with Crippen LogP contribution in [0.4, 0.5) is 0 Å². The summed E-state index contributed by atoms with van der Waals surface area (Å²) in [6, 6.07) is 14.1. The highest BCUT2D eigenvalue weighted by atomic mass is 16.5. The molecule has 0 unspecified atom stereocenters. The summed E-state index contributed by atoms with van der Waals surface area (Å²) < 4.78 is 7.02. The first-order valence-corrected chi connectivity index (χ1v) is 6.68. The van der Waals surface area contributed by atoms with E-state index in [4.69, 9.17) is 4.74 Å². The van der Waals surface area contributed by atoms with Gasteiger partial charge in [0, 0.05) is 31.5 Å². The molecule has 5 heteroatoms. The van der Waals surface area contributed by atoms with Crippen LogP contribution in [0.25, 0.3) is 22.6 Å². The zero-order valence-corrected chi connectivity index (χ0v) is 12.0. The van der Waals surface area contributed by atoms with E-state index in [-0.39, 0.29) is 0 Å². The fourth-order valence-corrected chi connectivity index (χ4v) is 2.17. The number of nitrogens with zero attached hydrogens (tertiary/aromatic N) is 4. The Kier molecular flexibility index (Phi) is 3.75. The third kappa shape index (κ3) is 2.68. The molecule has 0 fully saturated rings. The van der Waals surface area contributed by atoms with E-state index in [2.05, 4.69) is 15.2 Å². The van der Waals surface area contributed by atoms with Crippen molar-refractivity contribution < 1.29 is 4.74 Å². The fourth-order valence-electron chi connectivity index (χ4n) is 2.17. The van der Waals surface area contributed by atoms with Gasteiger partial charge < -0.3 is 9.30 Å². The lowest BCUT2D eigenvalue weighted by Crippen LogP contribution is -2.01. The molecule has 0 aliphatic carbocycles. The first kappa shape index (κ1) is 13.5. The van der Waals surface area contributed by atoms with Crippen molar-refractivity contribution in [1.82, 2.24) is 19.7 Å². The number of hydrogen-bond donors (Lipinski definition) is 0. The van der Waals surface area contributed by atoms with E-state index >= 15 is 0 Å². The largest absolute Gasteiger partial charge is 0.377 e. The van der Waals surface area contributed by atoms with Crippen molar-refractivity contribution in [3.8, 4) is 22.6 Å². The molecule has 0 aliphatic heterocycles. The second kappa shape index (κ2) is 5.85. The molecule has 3 aromatic rings. The van der Waals surface area contributed by atoms with Gasteiger partial charge in [-0.25, -0.2) is 0 Å². The molecule has 0 atom stereocenters. The molecule has 0 spiro atoms. The van der Waals surface area contributed by atoms with Crippen LogP contribution in [0.1, 0.15) is 5.82 Å². The van der Waals surface area contributed by atoms with Gasteiger partial charge in [-0.3, -0.25) is 4.98 Å². The summed E-state index contributed by atoms with van der Waals surface area (Å²) in [4.78, 5) is 4.51. The van der Waals surface area contributed by atoms with Gasteiger partial charge in [-0.1, -0.05) is 30.3 Å². The number of rotatable bonds is 4. The van der Waals surface area contributed by atoms with Crippen LogP contribution in [0.5, 0.6) is 0 Å². The number of methoxy groups -OCH3 is 1. The van der Waals surface area contributed by atoms with Gasteiger partial charge in [0.25, 0.3) is 0 Å². The molecule has 2 heterocycles. The van der Waals surface area contributed by atoms with E-state index in [1.807, 2.05) is 60.3 Å². The lowest BCUT2D eigenvalue weighted by atomic mass is 10.1. The zero-order chi connectivity index (χ0) is 14.7. The maximum Gasteiger partial charge on any atom is 0.165 e. The molecular weight excluding hydrogens is 264 g/mol. The second-order valence-electron chi connectivity index (χ2n) is 4.73. The Labute approximate surface area is 123 Å². The number of ether oxygens (including phenoxy) is 1. The maximum atomic E-state index is 5.10. The zero-order valence-electron chi connectivity index (χ0n) is 12.0. The monoisotopic (exact) mass is 280 g/mol. The number of pyridine rings is 1. The number of hydrogen-bond acceptors (Lipinski definition) is 4. The average Bonchev–Trinajstić information content (AvgIpc) is 2.90. The second-order valence-corrected chi connectivity index (χ2v) is 4.73. The summed E-state index contributed by atoms with van der Waals surface area (Å²) >= 11 is 0. The van der Waals surface area contributed by atoms with Crippen molar-refractivity contribution >= 4 is 0 Å². The summed E-state index contributed by atoms with van der Waals surface area (Å²) in [6.07, 6.45) is 1.82. The minimum absolute atomic E-state index is 0.443. The SMILES string of the molecule is COCc1nnc(-c2ccc(-c3ccccc3)nc2)n1C. The van der Waals surface area contributed by atoms with Crippen LogP contribution in [-0.2, 0) is 18.4 Å². The predicted molar refractivity (Wildman–Crippen MR) is 80.4 cm³/mol. The van der Waals surface area contributed by atoms with Gasteiger partial charge in [0.15, 0.2) is 11.6 Å². The van der Waals surface area contributed by atoms with Crippen molar-refractivity contribution in [3.63, 3.8) is 0 Å². The van der Waals surface area contributed by atoms with E-state index in [9.17, 15) is 0 Å². The predicted octanol–water partition coefficient (Wildman–Crippen LogP) is 2.69. The van der Waals surface area contributed by atoms with Gasteiger partial charge >= 0.3 is 0 Å². The summed E-state index contributed by atoms with van der Waals surface area (Å²) in [5.41, 5.74) is 2.98. The molecule has 106 valence electrons. The van der Waals surface area contributed by atoms with Gasteiger partial charge in [0.05, 0.1) is 5.69 Å². The molecule has 5 nitrogen and oxygen atoms in total. The number of aromatic nitrogens is 4. The lowest BCUT2D eigenvalue weighted by molar-refractivity contribution is 0.175. The molecule has 0 aliphatic rings. The van der Waals surface area contributed by atoms with E-state index in [0.717, 1.165) is 28.5 Å². The normalized spacial score (nSPS) is 10.8. The third-order valence-corrected chi connectivity index (χ3v) is 3.33. The highest BCUT2D eigenvalue weighted by molar-refractivity contribution is 5.63. The van der Waals surface area contributed by atoms with Crippen molar-refractivity contribution in [2.75, 3.05) is 7.11 Å². The Morgan fingerprint density at radius 1 is 1.00 bits per heavy atom. The quantitative estimate of drug-likeness (QED) is 0.737. The van der Waals surface area contributed by atoms with Crippen LogP contribution >= 0.6 is 0 Å². The van der Waals surface area contributed by atoms with E-state index < -0.39 is 0 Å². The first-order chi connectivity index (χ1) is 10.3. The fraction of sp³-hybridized carbons (Fsp3) is 0.188. The van der Waals surface area contributed by atoms with Crippen molar-refractivity contribution in [1.29, 1.82) is 0 Å². The van der Waals surface area contributed by atoms with Gasteiger partial charge in [-0.15, -0.1) is 10.2 Å². The molecule has 0 saturated heterocycles. The Bertz CT molecular complexity index is 720.